The van der Waals surface area contributed by atoms with Crippen molar-refractivity contribution in [2.24, 2.45) is 0 Å². The molecule has 3 aromatic rings. The maximum absolute atomic E-state index is 13.8. The molecule has 8 heteroatoms. The Morgan fingerprint density at radius 3 is 2.59 bits per heavy atom. The van der Waals surface area contributed by atoms with E-state index in [1.807, 2.05) is 0 Å². The van der Waals surface area contributed by atoms with Crippen LogP contribution in [0.3, 0.4) is 0 Å². The Kier molecular flexibility index (Phi) is 5.53. The molecule has 3 nitrogen and oxygen atoms in total. The van der Waals surface area contributed by atoms with Gasteiger partial charge in [0.1, 0.15) is 5.82 Å². The molecule has 2 aliphatic heterocycles. The number of thioether (sulfide) groups is 1. The number of nitrogens with zero attached hydrogens (tertiary/aromatic N) is 2. The average Bonchev–Trinajstić information content (AvgIpc) is 3.09. The van der Waals surface area contributed by atoms with Crippen LogP contribution in [0.1, 0.15) is 40.0 Å². The lowest BCUT2D eigenvalue weighted by Crippen LogP contribution is -2.32. The van der Waals surface area contributed by atoms with Gasteiger partial charge >= 0.3 is 6.18 Å². The number of aryl methyl sites for hydroxylation is 1. The van der Waals surface area contributed by atoms with Crippen molar-refractivity contribution in [2.45, 2.75) is 43.4 Å². The normalized spacial score (nSPS) is 16.4. The van der Waals surface area contributed by atoms with Gasteiger partial charge in [-0.25, -0.2) is 4.39 Å². The SMILES string of the molecule is O=C(CCCN1CCc2c(c3c(C(F)(F)F)ccc4c3n2CCS4)C1)c1ccc(F)cc1. The van der Waals surface area contributed by atoms with Crippen molar-refractivity contribution >= 4 is 28.4 Å². The Balaban J connectivity index is 1.36. The van der Waals surface area contributed by atoms with Crippen LogP contribution in [-0.2, 0) is 25.7 Å². The molecule has 3 heterocycles. The minimum atomic E-state index is -4.40. The second kappa shape index (κ2) is 8.23. The highest BCUT2D eigenvalue weighted by Crippen LogP contribution is 2.45. The first kappa shape index (κ1) is 21.5. The van der Waals surface area contributed by atoms with E-state index in [0.29, 0.717) is 43.3 Å². The molecule has 0 spiro atoms. The highest BCUT2D eigenvalue weighted by molar-refractivity contribution is 7.99. The van der Waals surface area contributed by atoms with Crippen LogP contribution >= 0.6 is 11.8 Å². The summed E-state index contributed by atoms with van der Waals surface area (Å²) in [6.45, 7) is 2.59. The van der Waals surface area contributed by atoms with Gasteiger partial charge in [0.05, 0.1) is 11.1 Å². The van der Waals surface area contributed by atoms with Crippen molar-refractivity contribution in [3.8, 4) is 0 Å². The zero-order chi connectivity index (χ0) is 22.5. The molecule has 0 bridgehead atoms. The first-order chi connectivity index (χ1) is 15.3. The number of benzene rings is 2. The molecule has 0 saturated carbocycles. The van der Waals surface area contributed by atoms with Gasteiger partial charge in [-0.3, -0.25) is 9.69 Å². The third-order valence-electron chi connectivity index (χ3n) is 6.36. The van der Waals surface area contributed by atoms with Crippen LogP contribution < -0.4 is 0 Å². The highest BCUT2D eigenvalue weighted by atomic mass is 32.2. The molecule has 2 aromatic carbocycles. The van der Waals surface area contributed by atoms with E-state index in [9.17, 15) is 22.4 Å². The Hall–Kier alpha value is -2.32. The molecular formula is C24H22F4N2OS. The van der Waals surface area contributed by atoms with Gasteiger partial charge in [0.2, 0.25) is 0 Å². The van der Waals surface area contributed by atoms with Crippen molar-refractivity contribution in [3.05, 3.63) is 64.6 Å². The minimum absolute atomic E-state index is 0.0498. The summed E-state index contributed by atoms with van der Waals surface area (Å²) in [5.41, 5.74) is 2.47. The molecule has 32 heavy (non-hydrogen) atoms. The van der Waals surface area contributed by atoms with Crippen LogP contribution in [0.5, 0.6) is 0 Å². The molecule has 1 aromatic heterocycles. The molecule has 0 radical (unpaired) electrons. The molecule has 168 valence electrons. The first-order valence-electron chi connectivity index (χ1n) is 10.7. The maximum atomic E-state index is 13.8. The molecule has 0 saturated heterocycles. The summed E-state index contributed by atoms with van der Waals surface area (Å²) in [4.78, 5) is 15.4. The van der Waals surface area contributed by atoms with Crippen LogP contribution in [0, 0.1) is 5.82 Å². The van der Waals surface area contributed by atoms with Crippen LogP contribution in [0.2, 0.25) is 0 Å². The number of carbonyl (C=O) groups excluding carboxylic acids is 1. The number of rotatable bonds is 5. The second-order valence-corrected chi connectivity index (χ2v) is 9.45. The van der Waals surface area contributed by atoms with Crippen LogP contribution in [0.4, 0.5) is 17.6 Å². The van der Waals surface area contributed by atoms with Gasteiger partial charge in [-0.1, -0.05) is 0 Å². The topological polar surface area (TPSA) is 25.2 Å². The van der Waals surface area contributed by atoms with Crippen molar-refractivity contribution < 1.29 is 22.4 Å². The van der Waals surface area contributed by atoms with Crippen molar-refractivity contribution in [3.63, 3.8) is 0 Å². The molecule has 2 aliphatic rings. The Morgan fingerprint density at radius 2 is 1.84 bits per heavy atom. The molecular weight excluding hydrogens is 440 g/mol. The van der Waals surface area contributed by atoms with E-state index in [-0.39, 0.29) is 11.6 Å². The number of ketones is 1. The lowest BCUT2D eigenvalue weighted by Gasteiger charge is -2.28. The van der Waals surface area contributed by atoms with Crippen LogP contribution in [-0.4, -0.2) is 34.1 Å². The average molecular weight is 463 g/mol. The van der Waals surface area contributed by atoms with Crippen molar-refractivity contribution in [1.82, 2.24) is 9.47 Å². The van der Waals surface area contributed by atoms with E-state index in [4.69, 9.17) is 0 Å². The molecule has 0 N–H and O–H groups in total. The quantitative estimate of drug-likeness (QED) is 0.347. The van der Waals surface area contributed by atoms with Crippen LogP contribution in [0.15, 0.2) is 41.3 Å². The summed E-state index contributed by atoms with van der Waals surface area (Å²) in [7, 11) is 0. The lowest BCUT2D eigenvalue weighted by atomic mass is 9.99. The van der Waals surface area contributed by atoms with E-state index in [2.05, 4.69) is 9.47 Å². The van der Waals surface area contributed by atoms with Gasteiger partial charge in [0, 0.05) is 59.8 Å². The molecule has 0 atom stereocenters. The molecule has 0 aliphatic carbocycles. The van der Waals surface area contributed by atoms with Gasteiger partial charge < -0.3 is 4.57 Å². The summed E-state index contributed by atoms with van der Waals surface area (Å²) >= 11 is 1.62. The fraction of sp³-hybridized carbons (Fsp3) is 0.375. The van der Waals surface area contributed by atoms with Crippen molar-refractivity contribution in [1.29, 1.82) is 0 Å². The Bertz CT molecular complexity index is 1180. The number of fused-ring (bicyclic) bond motifs is 3. The van der Waals surface area contributed by atoms with Crippen LogP contribution in [0.25, 0.3) is 10.9 Å². The largest absolute Gasteiger partial charge is 0.417 e. The zero-order valence-electron chi connectivity index (χ0n) is 17.3. The van der Waals surface area contributed by atoms with E-state index in [1.165, 1.54) is 30.3 Å². The fourth-order valence-corrected chi connectivity index (χ4v) is 5.90. The summed E-state index contributed by atoms with van der Waals surface area (Å²) in [6.07, 6.45) is -2.76. The van der Waals surface area contributed by atoms with Gasteiger partial charge in [0.25, 0.3) is 0 Å². The lowest BCUT2D eigenvalue weighted by molar-refractivity contribution is -0.136. The summed E-state index contributed by atoms with van der Waals surface area (Å²) in [5.74, 6) is 0.434. The van der Waals surface area contributed by atoms with Gasteiger partial charge in [0.15, 0.2) is 5.78 Å². The maximum Gasteiger partial charge on any atom is 0.417 e. The van der Waals surface area contributed by atoms with E-state index in [1.54, 1.807) is 17.8 Å². The monoisotopic (exact) mass is 462 g/mol. The van der Waals surface area contributed by atoms with E-state index >= 15 is 0 Å². The third kappa shape index (κ3) is 3.83. The molecule has 0 fully saturated rings. The fourth-order valence-electron chi connectivity index (χ4n) is 4.89. The Morgan fingerprint density at radius 1 is 1.06 bits per heavy atom. The van der Waals surface area contributed by atoms with E-state index < -0.39 is 11.7 Å². The Labute approximate surface area is 187 Å². The van der Waals surface area contributed by atoms with E-state index in [0.717, 1.165) is 40.5 Å². The number of hydrogen-bond acceptors (Lipinski definition) is 3. The number of halogens is 4. The summed E-state index contributed by atoms with van der Waals surface area (Å²) in [6, 6.07) is 8.33. The number of Topliss-reactive ketones (excluding diaryl/α,β-unsaturated/α-hetero) is 1. The number of hydrogen-bond donors (Lipinski definition) is 0. The predicted octanol–water partition coefficient (Wildman–Crippen LogP) is 5.93. The van der Waals surface area contributed by atoms with Gasteiger partial charge in [-0.15, -0.1) is 11.8 Å². The standard InChI is InChI=1S/C24H22F4N2OS/c25-16-5-3-15(4-6-16)20(31)2-1-10-29-11-9-19-17(14-29)22-18(24(26,27)28)7-8-21-23(22)30(19)12-13-32-21/h3-8H,1-2,9-14H2. The summed E-state index contributed by atoms with van der Waals surface area (Å²) < 4.78 is 56.6. The van der Waals surface area contributed by atoms with Crippen molar-refractivity contribution in [2.75, 3.05) is 18.8 Å². The number of alkyl halides is 3. The molecule has 0 amide bonds. The van der Waals surface area contributed by atoms with Gasteiger partial charge in [-0.2, -0.15) is 13.2 Å². The minimum Gasteiger partial charge on any atom is -0.342 e. The smallest absolute Gasteiger partial charge is 0.342 e. The predicted molar refractivity (Wildman–Crippen MR) is 117 cm³/mol. The molecule has 0 unspecified atom stereocenters. The van der Waals surface area contributed by atoms with Gasteiger partial charge in [-0.05, 0) is 54.9 Å². The first-order valence-corrected chi connectivity index (χ1v) is 11.7. The zero-order valence-corrected chi connectivity index (χ0v) is 18.2. The highest BCUT2D eigenvalue weighted by Gasteiger charge is 2.37. The number of aromatic nitrogens is 1. The molecule has 5 rings (SSSR count). The number of carbonyl (C=O) groups is 1. The summed E-state index contributed by atoms with van der Waals surface area (Å²) in [5, 5.41) is 0.351. The third-order valence-corrected chi connectivity index (χ3v) is 7.38. The second-order valence-electron chi connectivity index (χ2n) is 8.32.